The molecule has 0 aliphatic carbocycles. The predicted molar refractivity (Wildman–Crippen MR) is 71.1 cm³/mol. The van der Waals surface area contributed by atoms with Crippen LogP contribution in [-0.2, 0) is 16.5 Å². The molecule has 0 heterocycles. The zero-order valence-electron chi connectivity index (χ0n) is 11.1. The van der Waals surface area contributed by atoms with Gasteiger partial charge in [0, 0.05) is 5.56 Å². The van der Waals surface area contributed by atoms with E-state index in [1.54, 1.807) is 30.3 Å². The Labute approximate surface area is 120 Å². The van der Waals surface area contributed by atoms with Crippen LogP contribution in [0.25, 0.3) is 0 Å². The Morgan fingerprint density at radius 1 is 1.10 bits per heavy atom. The van der Waals surface area contributed by atoms with Crippen molar-refractivity contribution < 1.29 is 23.0 Å². The van der Waals surface area contributed by atoms with Gasteiger partial charge in [0.05, 0.1) is 6.61 Å². The quantitative estimate of drug-likeness (QED) is 0.793. The molecule has 2 aromatic carbocycles. The second-order valence-corrected chi connectivity index (χ2v) is 4.59. The number of benzene rings is 2. The van der Waals surface area contributed by atoms with Crippen LogP contribution in [0.3, 0.4) is 0 Å². The molecule has 2 aromatic rings. The highest BCUT2D eigenvalue weighted by Crippen LogP contribution is 2.40. The van der Waals surface area contributed by atoms with Gasteiger partial charge < -0.3 is 4.74 Å². The molecule has 21 heavy (non-hydrogen) atoms. The van der Waals surface area contributed by atoms with Gasteiger partial charge in [0.25, 0.3) is 0 Å². The molecular formula is C16H13F3O2. The smallest absolute Gasteiger partial charge is 0.359 e. The van der Waals surface area contributed by atoms with E-state index in [0.29, 0.717) is 11.1 Å². The van der Waals surface area contributed by atoms with Crippen molar-refractivity contribution in [3.05, 3.63) is 72.1 Å². The topological polar surface area (TPSA) is 29.1 Å². The lowest BCUT2D eigenvalue weighted by Gasteiger charge is -2.21. The maximum Gasteiger partial charge on any atom is 0.419 e. The molecule has 0 aliphatic rings. The Hall–Kier alpha value is -2.01. The minimum atomic E-state index is -4.66. The first-order valence-electron chi connectivity index (χ1n) is 6.23. The molecule has 0 aliphatic heterocycles. The summed E-state index contributed by atoms with van der Waals surface area (Å²) in [6.45, 7) is 3.31. The highest BCUT2D eigenvalue weighted by Gasteiger charge is 2.43. The lowest BCUT2D eigenvalue weighted by Crippen LogP contribution is -2.23. The van der Waals surface area contributed by atoms with Crippen molar-refractivity contribution in [2.45, 2.75) is 18.9 Å². The Kier molecular flexibility index (Phi) is 4.53. The number of hydrogen-bond acceptors (Lipinski definition) is 1. The Balaban J connectivity index is 2.25. The van der Waals surface area contributed by atoms with E-state index in [0.717, 1.165) is 12.1 Å². The molecule has 0 bridgehead atoms. The van der Waals surface area contributed by atoms with E-state index in [2.05, 4.69) is 6.92 Å². The number of ether oxygens (including phenoxy) is 1. The van der Waals surface area contributed by atoms with Crippen molar-refractivity contribution >= 4 is 0 Å². The van der Waals surface area contributed by atoms with Gasteiger partial charge in [0.2, 0.25) is 0 Å². The van der Waals surface area contributed by atoms with Crippen LogP contribution < -0.4 is 0 Å². The summed E-state index contributed by atoms with van der Waals surface area (Å²) in [7, 11) is 0. The van der Waals surface area contributed by atoms with Gasteiger partial charge in [-0.2, -0.15) is 13.2 Å². The fourth-order valence-electron chi connectivity index (χ4n) is 1.92. The van der Waals surface area contributed by atoms with Gasteiger partial charge >= 0.3 is 6.18 Å². The van der Waals surface area contributed by atoms with Crippen molar-refractivity contribution in [2.24, 2.45) is 0 Å². The summed E-state index contributed by atoms with van der Waals surface area (Å²) in [6.07, 6.45) is -6.92. The average Bonchev–Trinajstić information content (AvgIpc) is 2.42. The summed E-state index contributed by atoms with van der Waals surface area (Å²) in [6, 6.07) is 12.0. The van der Waals surface area contributed by atoms with Crippen molar-refractivity contribution in [3.63, 3.8) is 0 Å². The molecule has 1 unspecified atom stereocenters. The second kappa shape index (κ2) is 6.18. The maximum absolute atomic E-state index is 13.1. The van der Waals surface area contributed by atoms with Gasteiger partial charge in [0.1, 0.15) is 0 Å². The maximum atomic E-state index is 13.1. The van der Waals surface area contributed by atoms with Crippen LogP contribution in [-0.4, -0.2) is 6.18 Å². The van der Waals surface area contributed by atoms with E-state index in [1.165, 1.54) is 6.07 Å². The summed E-state index contributed by atoms with van der Waals surface area (Å²) >= 11 is 0. The van der Waals surface area contributed by atoms with Crippen LogP contribution in [0.1, 0.15) is 22.8 Å². The van der Waals surface area contributed by atoms with Gasteiger partial charge in [-0.25, -0.2) is 0 Å². The van der Waals surface area contributed by atoms with Crippen LogP contribution in [0, 0.1) is 6.92 Å². The van der Waals surface area contributed by atoms with Gasteiger partial charge in [-0.3, -0.25) is 5.11 Å². The van der Waals surface area contributed by atoms with Crippen LogP contribution in [0.15, 0.2) is 48.5 Å². The molecule has 2 rings (SSSR count). The fraction of sp³-hybridized carbons (Fsp3) is 0.188. The predicted octanol–water partition coefficient (Wildman–Crippen LogP) is 4.83. The molecule has 2 nitrogen and oxygen atoms in total. The van der Waals surface area contributed by atoms with Gasteiger partial charge in [-0.1, -0.05) is 36.4 Å². The monoisotopic (exact) mass is 294 g/mol. The molecule has 0 spiro atoms. The second-order valence-electron chi connectivity index (χ2n) is 4.59. The molecule has 0 fully saturated rings. The summed E-state index contributed by atoms with van der Waals surface area (Å²) in [4.78, 5) is 0. The summed E-state index contributed by atoms with van der Waals surface area (Å²) < 4.78 is 44.4. The van der Waals surface area contributed by atoms with Crippen molar-refractivity contribution in [2.75, 3.05) is 0 Å². The molecule has 5 heteroatoms. The van der Waals surface area contributed by atoms with E-state index in [4.69, 9.17) is 4.74 Å². The minimum Gasteiger partial charge on any atom is -0.359 e. The third-order valence-corrected chi connectivity index (χ3v) is 2.91. The van der Waals surface area contributed by atoms with E-state index < -0.39 is 23.6 Å². The van der Waals surface area contributed by atoms with Gasteiger partial charge in [-0.05, 0) is 30.2 Å². The lowest BCUT2D eigenvalue weighted by molar-refractivity contribution is -0.227. The van der Waals surface area contributed by atoms with E-state index in [-0.39, 0.29) is 6.61 Å². The molecule has 1 atom stereocenters. The first-order chi connectivity index (χ1) is 9.88. The largest absolute Gasteiger partial charge is 0.419 e. The summed E-state index contributed by atoms with van der Waals surface area (Å²) in [5, 5.41) is 11.7. The number of hydrogen-bond donors (Lipinski definition) is 0. The Bertz CT molecular complexity index is 594. The van der Waals surface area contributed by atoms with Crippen LogP contribution in [0.5, 0.6) is 5.75 Å². The molecule has 0 saturated carbocycles. The number of rotatable bonds is 4. The van der Waals surface area contributed by atoms with E-state index in [1.807, 2.05) is 0 Å². The summed E-state index contributed by atoms with van der Waals surface area (Å²) in [5.41, 5.74) is 0.498. The van der Waals surface area contributed by atoms with Gasteiger partial charge in [0.15, 0.2) is 11.9 Å². The Morgan fingerprint density at radius 2 is 1.76 bits per heavy atom. The molecule has 2 radical (unpaired) electrons. The van der Waals surface area contributed by atoms with Crippen molar-refractivity contribution in [1.29, 1.82) is 0 Å². The third kappa shape index (κ3) is 3.98. The minimum absolute atomic E-state index is 0.230. The van der Waals surface area contributed by atoms with E-state index >= 15 is 0 Å². The third-order valence-electron chi connectivity index (χ3n) is 2.91. The van der Waals surface area contributed by atoms with E-state index in [9.17, 15) is 18.3 Å². The fourth-order valence-corrected chi connectivity index (χ4v) is 1.92. The first-order valence-corrected chi connectivity index (χ1v) is 6.23. The van der Waals surface area contributed by atoms with Crippen LogP contribution in [0.2, 0.25) is 0 Å². The highest BCUT2D eigenvalue weighted by molar-refractivity contribution is 5.39. The molecular weight excluding hydrogens is 281 g/mol. The van der Waals surface area contributed by atoms with Crippen molar-refractivity contribution in [3.8, 4) is 5.75 Å². The number of halogens is 3. The molecule has 0 N–H and O–H groups in total. The number of alkyl halides is 3. The molecule has 0 amide bonds. The normalized spacial score (nSPS) is 13.1. The van der Waals surface area contributed by atoms with Crippen LogP contribution in [0.4, 0.5) is 13.2 Å². The zero-order valence-corrected chi connectivity index (χ0v) is 11.1. The standard InChI is InChI=1S/C16H13F3O2/c1-11-7-8-14(20)13(9-11)15(16(17,18)19)21-10-12-5-3-2-4-6-12/h2-9,15H,1,10H2. The lowest BCUT2D eigenvalue weighted by atomic mass is 10.0. The highest BCUT2D eigenvalue weighted by atomic mass is 19.4. The summed E-state index contributed by atoms with van der Waals surface area (Å²) in [5.74, 6) is -0.710. The average molecular weight is 294 g/mol. The first kappa shape index (κ1) is 15.4. The SMILES string of the molecule is [CH2]c1ccc([O])c(C(OCc2ccccc2)C(F)(F)F)c1. The van der Waals surface area contributed by atoms with Crippen molar-refractivity contribution in [1.82, 2.24) is 0 Å². The van der Waals surface area contributed by atoms with Gasteiger partial charge in [-0.15, -0.1) is 0 Å². The molecule has 0 saturated heterocycles. The Morgan fingerprint density at radius 3 is 2.38 bits per heavy atom. The zero-order chi connectivity index (χ0) is 15.5. The molecule has 110 valence electrons. The molecule has 0 aromatic heterocycles. The van der Waals surface area contributed by atoms with Crippen LogP contribution >= 0.6 is 0 Å².